The van der Waals surface area contributed by atoms with Gasteiger partial charge in [-0.15, -0.1) is 0 Å². The van der Waals surface area contributed by atoms with Crippen molar-refractivity contribution in [2.75, 3.05) is 0 Å². The smallest absolute Gasteiger partial charge is 0.119 e. The maximum absolute atomic E-state index is 8.61. The molecule has 1 N–H and O–H groups in total. The molecule has 0 spiro atoms. The molecule has 19 heavy (non-hydrogen) atoms. The average molecular weight is 261 g/mol. The molecule has 0 aromatic heterocycles. The van der Waals surface area contributed by atoms with Crippen LogP contribution in [0.3, 0.4) is 0 Å². The Labute approximate surface area is 115 Å². The summed E-state index contributed by atoms with van der Waals surface area (Å²) in [7, 11) is 0. The summed E-state index contributed by atoms with van der Waals surface area (Å²) in [4.78, 5) is 0. The first kappa shape index (κ1) is 13.9. The van der Waals surface area contributed by atoms with Gasteiger partial charge in [0.05, 0.1) is 11.8 Å². The van der Waals surface area contributed by atoms with E-state index in [1.807, 2.05) is 6.92 Å². The van der Waals surface area contributed by atoms with Crippen LogP contribution < -0.4 is 4.74 Å². The third kappa shape index (κ3) is 4.58. The number of nitrogens with zero attached hydrogens (tertiary/aromatic N) is 1. The molecule has 0 amide bonds. The lowest BCUT2D eigenvalue weighted by Gasteiger charge is -2.23. The van der Waals surface area contributed by atoms with E-state index in [1.54, 1.807) is 0 Å². The van der Waals surface area contributed by atoms with E-state index >= 15 is 0 Å². The molecule has 2 rings (SSSR count). The summed E-state index contributed by atoms with van der Waals surface area (Å²) in [5.74, 6) is 0.975. The number of oxime groups is 1. The third-order valence-corrected chi connectivity index (χ3v) is 3.72. The second kappa shape index (κ2) is 7.17. The highest BCUT2D eigenvalue weighted by atomic mass is 16.5. The Kier molecular flexibility index (Phi) is 5.25. The summed E-state index contributed by atoms with van der Waals surface area (Å²) in [6.45, 7) is 1.83. The minimum Gasteiger partial charge on any atom is -0.490 e. The highest BCUT2D eigenvalue weighted by molar-refractivity contribution is 5.81. The molecule has 1 aliphatic carbocycles. The summed E-state index contributed by atoms with van der Waals surface area (Å²) in [6.07, 6.45) is 8.42. The summed E-state index contributed by atoms with van der Waals surface area (Å²) in [5, 5.41) is 11.8. The zero-order valence-corrected chi connectivity index (χ0v) is 11.6. The number of aryl methyl sites for hydroxylation is 1. The Morgan fingerprint density at radius 2 is 1.89 bits per heavy atom. The van der Waals surface area contributed by atoms with Crippen LogP contribution in [0.25, 0.3) is 0 Å². The van der Waals surface area contributed by atoms with E-state index in [2.05, 4.69) is 29.4 Å². The zero-order chi connectivity index (χ0) is 13.5. The molecule has 0 aliphatic heterocycles. The molecule has 0 atom stereocenters. The maximum atomic E-state index is 8.61. The summed E-state index contributed by atoms with van der Waals surface area (Å²) < 4.78 is 5.99. The highest BCUT2D eigenvalue weighted by Gasteiger charge is 2.14. The Bertz CT molecular complexity index is 405. The van der Waals surface area contributed by atoms with Crippen molar-refractivity contribution in [3.05, 3.63) is 29.8 Å². The van der Waals surface area contributed by atoms with Crippen molar-refractivity contribution in [1.29, 1.82) is 0 Å². The fourth-order valence-corrected chi connectivity index (χ4v) is 2.49. The summed E-state index contributed by atoms with van der Waals surface area (Å²) in [5.41, 5.74) is 2.02. The van der Waals surface area contributed by atoms with Gasteiger partial charge in [-0.25, -0.2) is 0 Å². The number of rotatable bonds is 5. The second-order valence-electron chi connectivity index (χ2n) is 5.36. The van der Waals surface area contributed by atoms with Gasteiger partial charge in [-0.2, -0.15) is 0 Å². The second-order valence-corrected chi connectivity index (χ2v) is 5.36. The molecule has 0 unspecified atom stereocenters. The molecule has 1 saturated carbocycles. The van der Waals surface area contributed by atoms with Gasteiger partial charge in [0, 0.05) is 0 Å². The van der Waals surface area contributed by atoms with E-state index in [0.29, 0.717) is 6.10 Å². The molecule has 3 nitrogen and oxygen atoms in total. The number of hydrogen-bond donors (Lipinski definition) is 1. The van der Waals surface area contributed by atoms with Gasteiger partial charge < -0.3 is 9.94 Å². The largest absolute Gasteiger partial charge is 0.490 e. The van der Waals surface area contributed by atoms with Gasteiger partial charge in [-0.3, -0.25) is 0 Å². The fourth-order valence-electron chi connectivity index (χ4n) is 2.49. The minimum atomic E-state index is 0.406. The molecule has 1 aromatic carbocycles. The van der Waals surface area contributed by atoms with Crippen LogP contribution in [0.2, 0.25) is 0 Å². The van der Waals surface area contributed by atoms with Gasteiger partial charge in [0.1, 0.15) is 5.75 Å². The van der Waals surface area contributed by atoms with Crippen LogP contribution in [0.1, 0.15) is 51.0 Å². The lowest BCUT2D eigenvalue weighted by atomic mass is 9.98. The summed E-state index contributed by atoms with van der Waals surface area (Å²) in [6, 6.07) is 8.30. The summed E-state index contributed by atoms with van der Waals surface area (Å²) >= 11 is 0. The van der Waals surface area contributed by atoms with E-state index in [-0.39, 0.29) is 0 Å². The van der Waals surface area contributed by atoms with Gasteiger partial charge in [-0.1, -0.05) is 23.7 Å². The molecule has 0 bridgehead atoms. The Morgan fingerprint density at radius 3 is 2.53 bits per heavy atom. The van der Waals surface area contributed by atoms with Crippen molar-refractivity contribution in [2.45, 2.75) is 58.0 Å². The van der Waals surface area contributed by atoms with Crippen LogP contribution in [-0.2, 0) is 6.42 Å². The minimum absolute atomic E-state index is 0.406. The fraction of sp³-hybridized carbons (Fsp3) is 0.562. The standard InChI is InChI=1S/C16H23NO2/c1-13(17-18)7-8-14-9-11-16(12-10-14)19-15-5-3-2-4-6-15/h9-12,15,18H,2-8H2,1H3/b17-13+. The molecular weight excluding hydrogens is 238 g/mol. The molecular formula is C16H23NO2. The van der Waals surface area contributed by atoms with E-state index in [1.165, 1.54) is 37.7 Å². The topological polar surface area (TPSA) is 41.8 Å². The lowest BCUT2D eigenvalue weighted by molar-refractivity contribution is 0.155. The number of benzene rings is 1. The molecule has 0 radical (unpaired) electrons. The van der Waals surface area contributed by atoms with Gasteiger partial charge in [0.25, 0.3) is 0 Å². The highest BCUT2D eigenvalue weighted by Crippen LogP contribution is 2.23. The van der Waals surface area contributed by atoms with Gasteiger partial charge in [-0.05, 0) is 63.1 Å². The van der Waals surface area contributed by atoms with Crippen molar-refractivity contribution in [3.63, 3.8) is 0 Å². The van der Waals surface area contributed by atoms with Crippen LogP contribution in [0.15, 0.2) is 29.4 Å². The van der Waals surface area contributed by atoms with Crippen LogP contribution in [-0.4, -0.2) is 17.0 Å². The predicted molar refractivity (Wildman–Crippen MR) is 77.2 cm³/mol. The van der Waals surface area contributed by atoms with Crippen molar-refractivity contribution in [2.24, 2.45) is 5.16 Å². The van der Waals surface area contributed by atoms with E-state index in [9.17, 15) is 0 Å². The van der Waals surface area contributed by atoms with Crippen LogP contribution in [0.5, 0.6) is 5.75 Å². The number of hydrogen-bond acceptors (Lipinski definition) is 3. The first-order valence-corrected chi connectivity index (χ1v) is 7.21. The van der Waals surface area contributed by atoms with Crippen molar-refractivity contribution in [3.8, 4) is 5.75 Å². The number of ether oxygens (including phenoxy) is 1. The zero-order valence-electron chi connectivity index (χ0n) is 11.6. The Hall–Kier alpha value is -1.51. The van der Waals surface area contributed by atoms with Crippen LogP contribution in [0.4, 0.5) is 0 Å². The maximum Gasteiger partial charge on any atom is 0.119 e. The molecule has 0 saturated heterocycles. The van der Waals surface area contributed by atoms with Crippen molar-refractivity contribution >= 4 is 5.71 Å². The molecule has 1 aliphatic rings. The third-order valence-electron chi connectivity index (χ3n) is 3.72. The monoisotopic (exact) mass is 261 g/mol. The van der Waals surface area contributed by atoms with Gasteiger partial charge >= 0.3 is 0 Å². The Balaban J connectivity index is 1.83. The van der Waals surface area contributed by atoms with Crippen LogP contribution >= 0.6 is 0 Å². The van der Waals surface area contributed by atoms with Crippen LogP contribution in [0, 0.1) is 0 Å². The Morgan fingerprint density at radius 1 is 1.21 bits per heavy atom. The lowest BCUT2D eigenvalue weighted by Crippen LogP contribution is -2.19. The molecule has 1 aromatic rings. The normalized spacial score (nSPS) is 17.4. The van der Waals surface area contributed by atoms with Gasteiger partial charge in [0.15, 0.2) is 0 Å². The van der Waals surface area contributed by atoms with E-state index in [0.717, 1.165) is 24.3 Å². The SMILES string of the molecule is C/C(CCc1ccc(OC2CCCCC2)cc1)=N\O. The molecule has 3 heteroatoms. The average Bonchev–Trinajstić information content (AvgIpc) is 2.47. The van der Waals surface area contributed by atoms with E-state index in [4.69, 9.17) is 9.94 Å². The predicted octanol–water partition coefficient (Wildman–Crippen LogP) is 4.18. The van der Waals surface area contributed by atoms with Gasteiger partial charge in [0.2, 0.25) is 0 Å². The molecule has 1 fully saturated rings. The first-order chi connectivity index (χ1) is 9.28. The molecule has 104 valence electrons. The van der Waals surface area contributed by atoms with Crippen molar-refractivity contribution < 1.29 is 9.94 Å². The van der Waals surface area contributed by atoms with Crippen molar-refractivity contribution in [1.82, 2.24) is 0 Å². The first-order valence-electron chi connectivity index (χ1n) is 7.21. The molecule has 0 heterocycles. The van der Waals surface area contributed by atoms with E-state index < -0.39 is 0 Å². The quantitative estimate of drug-likeness (QED) is 0.491.